The molecule has 2 N–H and O–H groups in total. The third-order valence-corrected chi connectivity index (χ3v) is 3.32. The first-order chi connectivity index (χ1) is 10.8. The van der Waals surface area contributed by atoms with Gasteiger partial charge in [0.25, 0.3) is 0 Å². The minimum Gasteiger partial charge on any atom is -0.380 e. The van der Waals surface area contributed by atoms with Crippen LogP contribution in [0, 0.1) is 0 Å². The fraction of sp³-hybridized carbons (Fsp3) is 0.278. The number of hydrogen-bond acceptors (Lipinski definition) is 2. The van der Waals surface area contributed by atoms with Gasteiger partial charge in [-0.2, -0.15) is 0 Å². The molecule has 4 nitrogen and oxygen atoms in total. The number of nitrogens with zero attached hydrogens (tertiary/aromatic N) is 1. The number of ether oxygens (including phenoxy) is 1. The van der Waals surface area contributed by atoms with E-state index in [4.69, 9.17) is 4.74 Å². The monoisotopic (exact) mass is 425 g/mol. The molecule has 0 radical (unpaired) electrons. The zero-order chi connectivity index (χ0) is 15.6. The molecule has 0 atom stereocenters. The molecule has 0 aliphatic carbocycles. The molecular weight excluding hydrogens is 401 g/mol. The molecule has 0 unspecified atom stereocenters. The molecule has 0 aromatic heterocycles. The van der Waals surface area contributed by atoms with Gasteiger partial charge in [0, 0.05) is 27.2 Å². The summed E-state index contributed by atoms with van der Waals surface area (Å²) in [5.41, 5.74) is 3.62. The largest absolute Gasteiger partial charge is 0.380 e. The Bertz CT molecular complexity index is 585. The molecule has 2 aromatic rings. The van der Waals surface area contributed by atoms with Crippen molar-refractivity contribution in [3.8, 4) is 0 Å². The van der Waals surface area contributed by atoms with E-state index in [9.17, 15) is 0 Å². The van der Waals surface area contributed by atoms with Gasteiger partial charge in [-0.3, -0.25) is 4.99 Å². The Hall–Kier alpha value is -1.60. The summed E-state index contributed by atoms with van der Waals surface area (Å²) in [7, 11) is 3.49. The van der Waals surface area contributed by atoms with Crippen LogP contribution in [0.25, 0.3) is 0 Å². The Morgan fingerprint density at radius 2 is 1.39 bits per heavy atom. The molecule has 23 heavy (non-hydrogen) atoms. The predicted molar refractivity (Wildman–Crippen MR) is 106 cm³/mol. The van der Waals surface area contributed by atoms with Gasteiger partial charge < -0.3 is 15.4 Å². The van der Waals surface area contributed by atoms with Crippen molar-refractivity contribution >= 4 is 29.9 Å². The van der Waals surface area contributed by atoms with Gasteiger partial charge in [0.2, 0.25) is 0 Å². The smallest absolute Gasteiger partial charge is 0.191 e. The van der Waals surface area contributed by atoms with Crippen LogP contribution in [0.15, 0.2) is 59.6 Å². The Labute approximate surface area is 155 Å². The van der Waals surface area contributed by atoms with Gasteiger partial charge in [-0.1, -0.05) is 54.6 Å². The molecule has 0 amide bonds. The summed E-state index contributed by atoms with van der Waals surface area (Å²) in [6.07, 6.45) is 0. The maximum absolute atomic E-state index is 5.11. The van der Waals surface area contributed by atoms with Crippen molar-refractivity contribution in [2.24, 2.45) is 4.99 Å². The van der Waals surface area contributed by atoms with Crippen LogP contribution in [-0.4, -0.2) is 20.1 Å². The van der Waals surface area contributed by atoms with Gasteiger partial charge >= 0.3 is 0 Å². The fourth-order valence-corrected chi connectivity index (χ4v) is 2.11. The maximum atomic E-state index is 5.11. The molecule has 0 heterocycles. The average Bonchev–Trinajstić information content (AvgIpc) is 2.57. The summed E-state index contributed by atoms with van der Waals surface area (Å²) in [5, 5.41) is 6.62. The van der Waals surface area contributed by atoms with Crippen LogP contribution in [0.5, 0.6) is 0 Å². The summed E-state index contributed by atoms with van der Waals surface area (Å²) >= 11 is 0. The second-order valence-corrected chi connectivity index (χ2v) is 5.01. The lowest BCUT2D eigenvalue weighted by molar-refractivity contribution is 0.185. The second-order valence-electron chi connectivity index (χ2n) is 5.01. The van der Waals surface area contributed by atoms with Crippen LogP contribution < -0.4 is 10.6 Å². The number of halogens is 1. The van der Waals surface area contributed by atoms with Crippen molar-refractivity contribution in [2.75, 3.05) is 14.2 Å². The van der Waals surface area contributed by atoms with Gasteiger partial charge in [0.15, 0.2) is 5.96 Å². The molecule has 0 saturated carbocycles. The van der Waals surface area contributed by atoms with Crippen molar-refractivity contribution in [1.82, 2.24) is 10.6 Å². The van der Waals surface area contributed by atoms with Crippen LogP contribution in [0.1, 0.15) is 16.7 Å². The summed E-state index contributed by atoms with van der Waals surface area (Å²) in [5.74, 6) is 0.796. The molecule has 124 valence electrons. The van der Waals surface area contributed by atoms with Crippen molar-refractivity contribution in [1.29, 1.82) is 0 Å². The predicted octanol–water partition coefficient (Wildman–Crippen LogP) is 3.32. The van der Waals surface area contributed by atoms with E-state index in [1.165, 1.54) is 16.7 Å². The van der Waals surface area contributed by atoms with Crippen molar-refractivity contribution < 1.29 is 4.74 Å². The average molecular weight is 425 g/mol. The van der Waals surface area contributed by atoms with Gasteiger partial charge in [-0.05, 0) is 16.7 Å². The number of nitrogens with one attached hydrogen (secondary N) is 2. The number of hydrogen-bond donors (Lipinski definition) is 2. The molecular formula is C18H24IN3O. The van der Waals surface area contributed by atoms with E-state index in [1.54, 1.807) is 14.2 Å². The Morgan fingerprint density at radius 3 is 1.91 bits per heavy atom. The van der Waals surface area contributed by atoms with E-state index < -0.39 is 0 Å². The standard InChI is InChI=1S/C18H23N3O.HI/c1-19-18(20-12-15-6-4-3-5-7-15)21-13-16-8-10-17(11-9-16)14-22-2;/h3-11H,12-14H2,1-2H3,(H2,19,20,21);1H. The van der Waals surface area contributed by atoms with E-state index in [0.717, 1.165) is 19.0 Å². The molecule has 0 aliphatic heterocycles. The second kappa shape index (κ2) is 11.0. The van der Waals surface area contributed by atoms with Gasteiger partial charge in [-0.25, -0.2) is 0 Å². The maximum Gasteiger partial charge on any atom is 0.191 e. The van der Waals surface area contributed by atoms with Gasteiger partial charge in [0.1, 0.15) is 0 Å². The van der Waals surface area contributed by atoms with E-state index in [2.05, 4.69) is 52.0 Å². The highest BCUT2D eigenvalue weighted by Crippen LogP contribution is 2.05. The lowest BCUT2D eigenvalue weighted by atomic mass is 10.1. The first-order valence-electron chi connectivity index (χ1n) is 7.37. The lowest BCUT2D eigenvalue weighted by Crippen LogP contribution is -2.36. The summed E-state index contributed by atoms with van der Waals surface area (Å²) < 4.78 is 5.11. The number of aliphatic imine (C=N–C) groups is 1. The molecule has 0 saturated heterocycles. The van der Waals surface area contributed by atoms with Gasteiger partial charge in [-0.15, -0.1) is 24.0 Å². The van der Waals surface area contributed by atoms with Gasteiger partial charge in [0.05, 0.1) is 6.61 Å². The van der Waals surface area contributed by atoms with E-state index >= 15 is 0 Å². The Morgan fingerprint density at radius 1 is 0.870 bits per heavy atom. The Balaban J connectivity index is 0.00000264. The third-order valence-electron chi connectivity index (χ3n) is 3.32. The SMILES string of the molecule is CN=C(NCc1ccccc1)NCc1ccc(COC)cc1.I. The first kappa shape index (κ1) is 19.4. The zero-order valence-corrected chi connectivity index (χ0v) is 15.9. The molecule has 2 aromatic carbocycles. The molecule has 0 aliphatic rings. The molecule has 2 rings (SSSR count). The normalized spacial score (nSPS) is 10.8. The highest BCUT2D eigenvalue weighted by molar-refractivity contribution is 14.0. The molecule has 0 bridgehead atoms. The summed E-state index contributed by atoms with van der Waals surface area (Å²) in [6.45, 7) is 2.14. The van der Waals surface area contributed by atoms with Crippen LogP contribution in [0.2, 0.25) is 0 Å². The van der Waals surface area contributed by atoms with Crippen LogP contribution in [0.3, 0.4) is 0 Å². The van der Waals surface area contributed by atoms with Crippen LogP contribution in [0.4, 0.5) is 0 Å². The van der Waals surface area contributed by atoms with Crippen molar-refractivity contribution in [3.63, 3.8) is 0 Å². The minimum absolute atomic E-state index is 0. The molecule has 0 fully saturated rings. The van der Waals surface area contributed by atoms with Crippen LogP contribution >= 0.6 is 24.0 Å². The third kappa shape index (κ3) is 7.00. The van der Waals surface area contributed by atoms with E-state index in [0.29, 0.717) is 6.61 Å². The highest BCUT2D eigenvalue weighted by atomic mass is 127. The minimum atomic E-state index is 0. The van der Waals surface area contributed by atoms with Crippen LogP contribution in [-0.2, 0) is 24.4 Å². The van der Waals surface area contributed by atoms with Crippen molar-refractivity contribution in [2.45, 2.75) is 19.7 Å². The fourth-order valence-electron chi connectivity index (χ4n) is 2.11. The number of guanidine groups is 1. The molecule has 5 heteroatoms. The van der Waals surface area contributed by atoms with Crippen molar-refractivity contribution in [3.05, 3.63) is 71.3 Å². The zero-order valence-electron chi connectivity index (χ0n) is 13.6. The van der Waals surface area contributed by atoms with E-state index in [-0.39, 0.29) is 24.0 Å². The topological polar surface area (TPSA) is 45.7 Å². The summed E-state index contributed by atoms with van der Waals surface area (Å²) in [4.78, 5) is 4.24. The number of methoxy groups -OCH3 is 1. The lowest BCUT2D eigenvalue weighted by Gasteiger charge is -2.12. The first-order valence-corrected chi connectivity index (χ1v) is 7.37. The number of rotatable bonds is 6. The Kier molecular flexibility index (Phi) is 9.31. The molecule has 0 spiro atoms. The van der Waals surface area contributed by atoms with E-state index in [1.807, 2.05) is 18.2 Å². The summed E-state index contributed by atoms with van der Waals surface area (Å²) in [6, 6.07) is 18.6. The number of benzene rings is 2. The highest BCUT2D eigenvalue weighted by Gasteiger charge is 1.99. The quantitative estimate of drug-likeness (QED) is 0.424.